The number of aromatic amines is 1. The molecule has 0 amide bonds. The predicted octanol–water partition coefficient (Wildman–Crippen LogP) is -0.0985. The maximum Gasteiger partial charge on any atom is 0.357 e. The molecule has 1 rings (SSSR count). The van der Waals surface area contributed by atoms with Crippen molar-refractivity contribution in [2.75, 3.05) is 5.75 Å². The summed E-state index contributed by atoms with van der Waals surface area (Å²) >= 11 is 0. The summed E-state index contributed by atoms with van der Waals surface area (Å²) in [5, 5.41) is 8.24. The molecule has 0 aromatic carbocycles. The number of hydrogen-bond donors (Lipinski definition) is 2. The summed E-state index contributed by atoms with van der Waals surface area (Å²) < 4.78 is 22.5. The summed E-state index contributed by atoms with van der Waals surface area (Å²) in [4.78, 5) is 16.2. The molecule has 0 unspecified atom stereocenters. The van der Waals surface area contributed by atoms with Crippen LogP contribution < -0.4 is 0 Å². The Hall–Kier alpha value is -1.37. The van der Waals surface area contributed by atoms with Crippen molar-refractivity contribution >= 4 is 15.8 Å². The Morgan fingerprint density at radius 1 is 1.69 bits per heavy atom. The summed E-state index contributed by atoms with van der Waals surface area (Å²) in [5.74, 6) is -1.51. The second-order valence-corrected chi connectivity index (χ2v) is 4.50. The quantitative estimate of drug-likeness (QED) is 0.716. The average molecular weight is 204 g/mol. The van der Waals surface area contributed by atoms with Gasteiger partial charge in [0.1, 0.15) is 0 Å². The van der Waals surface area contributed by atoms with Crippen molar-refractivity contribution in [2.45, 2.75) is 11.9 Å². The summed E-state index contributed by atoms with van der Waals surface area (Å²) in [6, 6.07) is 0. The molecule has 0 radical (unpaired) electrons. The molecule has 0 saturated carbocycles. The number of hydrogen-bond acceptors (Lipinski definition) is 4. The minimum absolute atomic E-state index is 0.157. The monoisotopic (exact) mass is 204 g/mol. The lowest BCUT2D eigenvalue weighted by molar-refractivity contribution is 0.0686. The third-order valence-corrected chi connectivity index (χ3v) is 3.19. The van der Waals surface area contributed by atoms with E-state index < -0.39 is 21.5 Å². The van der Waals surface area contributed by atoms with Crippen molar-refractivity contribution in [2.24, 2.45) is 0 Å². The van der Waals surface area contributed by atoms with Crippen molar-refractivity contribution in [3.63, 3.8) is 0 Å². The number of nitrogens with zero attached hydrogens (tertiary/aromatic N) is 1. The number of carboxylic acids is 1. The standard InChI is InChI=1S/C6H8N2O4S/c1-2-13(11,12)5-4(6(9)10)7-3-8-5/h3H,2H2,1H3,(H,7,8)(H,9,10). The highest BCUT2D eigenvalue weighted by atomic mass is 32.2. The van der Waals surface area contributed by atoms with Gasteiger partial charge in [-0.3, -0.25) is 0 Å². The Bertz CT molecular complexity index is 420. The highest BCUT2D eigenvalue weighted by molar-refractivity contribution is 7.91. The van der Waals surface area contributed by atoms with Gasteiger partial charge < -0.3 is 10.1 Å². The van der Waals surface area contributed by atoms with Gasteiger partial charge in [0.15, 0.2) is 20.6 Å². The molecular weight excluding hydrogens is 196 g/mol. The second kappa shape index (κ2) is 3.17. The summed E-state index contributed by atoms with van der Waals surface area (Å²) in [6.45, 7) is 1.43. The van der Waals surface area contributed by atoms with Crippen LogP contribution in [0.5, 0.6) is 0 Å². The smallest absolute Gasteiger partial charge is 0.357 e. The van der Waals surface area contributed by atoms with E-state index in [-0.39, 0.29) is 10.8 Å². The van der Waals surface area contributed by atoms with Crippen molar-refractivity contribution in [1.82, 2.24) is 9.97 Å². The van der Waals surface area contributed by atoms with Crippen LogP contribution in [0.2, 0.25) is 0 Å². The van der Waals surface area contributed by atoms with Crippen LogP contribution in [0.4, 0.5) is 0 Å². The largest absolute Gasteiger partial charge is 0.476 e. The fourth-order valence-corrected chi connectivity index (χ4v) is 1.77. The number of H-pyrrole nitrogens is 1. The maximum absolute atomic E-state index is 11.3. The number of aromatic carboxylic acids is 1. The molecule has 0 aliphatic heterocycles. The summed E-state index contributed by atoms with van der Waals surface area (Å²) in [6.07, 6.45) is 1.05. The number of rotatable bonds is 3. The number of imidazole rings is 1. The molecule has 0 saturated heterocycles. The van der Waals surface area contributed by atoms with Crippen LogP contribution in [0.15, 0.2) is 11.4 Å². The molecule has 0 bridgehead atoms. The number of carboxylic acid groups (broad SMARTS) is 1. The van der Waals surface area contributed by atoms with E-state index in [4.69, 9.17) is 5.11 Å². The van der Waals surface area contributed by atoms with E-state index in [9.17, 15) is 13.2 Å². The van der Waals surface area contributed by atoms with Crippen LogP contribution in [0.1, 0.15) is 17.4 Å². The minimum atomic E-state index is -3.53. The first-order valence-corrected chi connectivity index (χ1v) is 5.13. The number of aromatic nitrogens is 2. The molecule has 13 heavy (non-hydrogen) atoms. The van der Waals surface area contributed by atoms with E-state index in [1.165, 1.54) is 6.92 Å². The van der Waals surface area contributed by atoms with E-state index in [0.29, 0.717) is 0 Å². The lowest BCUT2D eigenvalue weighted by Gasteiger charge is -1.97. The molecule has 0 fully saturated rings. The Labute approximate surface area is 74.5 Å². The Kier molecular flexibility index (Phi) is 2.37. The zero-order valence-corrected chi connectivity index (χ0v) is 7.63. The first-order chi connectivity index (χ1) is 5.99. The average Bonchev–Trinajstić information content (AvgIpc) is 2.52. The van der Waals surface area contributed by atoms with Crippen LogP contribution in [0.3, 0.4) is 0 Å². The number of nitrogens with one attached hydrogen (secondary N) is 1. The third kappa shape index (κ3) is 1.69. The van der Waals surface area contributed by atoms with Gasteiger partial charge in [0.2, 0.25) is 0 Å². The SMILES string of the molecule is CCS(=O)(=O)c1[nH]cnc1C(=O)O. The van der Waals surface area contributed by atoms with Crippen molar-refractivity contribution in [3.05, 3.63) is 12.0 Å². The van der Waals surface area contributed by atoms with Gasteiger partial charge in [-0.15, -0.1) is 0 Å². The van der Waals surface area contributed by atoms with E-state index >= 15 is 0 Å². The molecule has 72 valence electrons. The highest BCUT2D eigenvalue weighted by Gasteiger charge is 2.23. The molecule has 0 atom stereocenters. The lowest BCUT2D eigenvalue weighted by Crippen LogP contribution is -2.10. The van der Waals surface area contributed by atoms with Crippen molar-refractivity contribution < 1.29 is 18.3 Å². The fraction of sp³-hybridized carbons (Fsp3) is 0.333. The van der Waals surface area contributed by atoms with Gasteiger partial charge in [-0.05, 0) is 0 Å². The third-order valence-electron chi connectivity index (χ3n) is 1.50. The van der Waals surface area contributed by atoms with Gasteiger partial charge in [-0.2, -0.15) is 0 Å². The van der Waals surface area contributed by atoms with Crippen LogP contribution in [0, 0.1) is 0 Å². The van der Waals surface area contributed by atoms with Crippen molar-refractivity contribution in [3.8, 4) is 0 Å². The Balaban J connectivity index is 3.31. The topological polar surface area (TPSA) is 100 Å². The molecular formula is C6H8N2O4S. The van der Waals surface area contributed by atoms with Gasteiger partial charge >= 0.3 is 5.97 Å². The lowest BCUT2D eigenvalue weighted by atomic mass is 10.5. The first kappa shape index (κ1) is 9.72. The molecule has 6 nitrogen and oxygen atoms in total. The molecule has 7 heteroatoms. The molecule has 0 aliphatic carbocycles. The Morgan fingerprint density at radius 3 is 2.77 bits per heavy atom. The zero-order valence-electron chi connectivity index (χ0n) is 6.81. The van der Waals surface area contributed by atoms with Crippen LogP contribution in [-0.4, -0.2) is 35.2 Å². The second-order valence-electron chi connectivity index (χ2n) is 2.29. The van der Waals surface area contributed by atoms with E-state index in [1.807, 2.05) is 0 Å². The molecule has 1 heterocycles. The van der Waals surface area contributed by atoms with Gasteiger partial charge in [0, 0.05) is 0 Å². The first-order valence-electron chi connectivity index (χ1n) is 3.48. The van der Waals surface area contributed by atoms with Crippen LogP contribution >= 0.6 is 0 Å². The van der Waals surface area contributed by atoms with Crippen LogP contribution in [-0.2, 0) is 9.84 Å². The molecule has 0 spiro atoms. The Morgan fingerprint density at radius 2 is 2.31 bits per heavy atom. The van der Waals surface area contributed by atoms with Gasteiger partial charge in [-0.1, -0.05) is 6.92 Å². The maximum atomic E-state index is 11.3. The summed E-state index contributed by atoms with van der Waals surface area (Å²) in [7, 11) is -3.53. The minimum Gasteiger partial charge on any atom is -0.476 e. The number of carbonyl (C=O) groups is 1. The molecule has 2 N–H and O–H groups in total. The molecule has 0 aliphatic rings. The molecule has 1 aromatic rings. The highest BCUT2D eigenvalue weighted by Crippen LogP contribution is 2.11. The van der Waals surface area contributed by atoms with Crippen molar-refractivity contribution in [1.29, 1.82) is 0 Å². The number of sulfone groups is 1. The van der Waals surface area contributed by atoms with E-state index in [2.05, 4.69) is 9.97 Å². The van der Waals surface area contributed by atoms with Crippen LogP contribution in [0.25, 0.3) is 0 Å². The van der Waals surface area contributed by atoms with E-state index in [1.54, 1.807) is 0 Å². The molecule has 1 aromatic heterocycles. The van der Waals surface area contributed by atoms with Gasteiger partial charge in [0.05, 0.1) is 12.1 Å². The zero-order chi connectivity index (χ0) is 10.1. The predicted molar refractivity (Wildman–Crippen MR) is 43.3 cm³/mol. The van der Waals surface area contributed by atoms with Gasteiger partial charge in [-0.25, -0.2) is 18.2 Å². The summed E-state index contributed by atoms with van der Waals surface area (Å²) in [5.41, 5.74) is -0.457. The van der Waals surface area contributed by atoms with Gasteiger partial charge in [0.25, 0.3) is 0 Å². The van der Waals surface area contributed by atoms with E-state index in [0.717, 1.165) is 6.33 Å². The normalized spacial score (nSPS) is 11.5. The fourth-order valence-electron chi connectivity index (χ4n) is 0.816.